The number of rotatable bonds is 6. The van der Waals surface area contributed by atoms with Crippen LogP contribution in [0.15, 0.2) is 9.98 Å². The summed E-state index contributed by atoms with van der Waals surface area (Å²) in [6, 6.07) is -5.62. The molecular weight excluding hydrogens is 753 g/mol. The Morgan fingerprint density at radius 3 is 1.25 bits per heavy atom. The molecule has 0 saturated carbocycles. The highest BCUT2D eigenvalue weighted by Crippen LogP contribution is 2.29. The van der Waals surface area contributed by atoms with Crippen LogP contribution in [-0.2, 0) is 28.8 Å². The van der Waals surface area contributed by atoms with E-state index in [1.165, 1.54) is 23.5 Å². The zero-order valence-electron chi connectivity index (χ0n) is 34.5. The first-order valence-electron chi connectivity index (χ1n) is 20.9. The summed E-state index contributed by atoms with van der Waals surface area (Å²) in [4.78, 5) is 97.9. The minimum absolute atomic E-state index is 0.0629. The van der Waals surface area contributed by atoms with Gasteiger partial charge in [0.2, 0.25) is 35.4 Å². The molecule has 2 fully saturated rings. The molecule has 0 aromatic heterocycles. The monoisotopic (exact) mass is 816 g/mol. The number of carbonyl (C=O) groups excluding carboxylic acids is 6. The van der Waals surface area contributed by atoms with E-state index in [0.29, 0.717) is 60.4 Å². The Morgan fingerprint density at radius 1 is 0.554 bits per heavy atom. The normalized spacial score (nSPS) is 32.7. The van der Waals surface area contributed by atoms with Crippen LogP contribution < -0.4 is 21.3 Å². The molecule has 6 amide bonds. The lowest BCUT2D eigenvalue weighted by Gasteiger charge is -2.39. The van der Waals surface area contributed by atoms with Crippen molar-refractivity contribution in [3.05, 3.63) is 0 Å². The minimum Gasteiger partial charge on any atom is -0.345 e. The molecule has 2 unspecified atom stereocenters. The summed E-state index contributed by atoms with van der Waals surface area (Å²) in [5, 5.41) is 13.7. The molecule has 312 valence electrons. The summed E-state index contributed by atoms with van der Waals surface area (Å²) in [6.45, 7) is 16.5. The van der Waals surface area contributed by atoms with Crippen LogP contribution in [0.2, 0.25) is 0 Å². The highest BCUT2D eigenvalue weighted by molar-refractivity contribution is 8.14. The lowest BCUT2D eigenvalue weighted by Crippen LogP contribution is -2.61. The molecule has 5 aliphatic heterocycles. The molecule has 0 aromatic rings. The van der Waals surface area contributed by atoms with Gasteiger partial charge in [-0.05, 0) is 62.2 Å². The predicted octanol–water partition coefficient (Wildman–Crippen LogP) is 3.13. The Kier molecular flexibility index (Phi) is 15.3. The van der Waals surface area contributed by atoms with Crippen molar-refractivity contribution in [3.63, 3.8) is 0 Å². The molecule has 0 radical (unpaired) electrons. The first kappa shape index (κ1) is 44.0. The van der Waals surface area contributed by atoms with Crippen LogP contribution in [0, 0.1) is 23.7 Å². The maximum absolute atomic E-state index is 14.4. The van der Waals surface area contributed by atoms with Crippen LogP contribution in [0.5, 0.6) is 0 Å². The number of carbonyl (C=O) groups is 6. The van der Waals surface area contributed by atoms with E-state index in [2.05, 4.69) is 21.3 Å². The van der Waals surface area contributed by atoms with E-state index in [-0.39, 0.29) is 59.1 Å². The van der Waals surface area contributed by atoms with Crippen molar-refractivity contribution >= 4 is 69.1 Å². The lowest BCUT2D eigenvalue weighted by atomic mass is 9.93. The molecule has 0 spiro atoms. The fourth-order valence-electron chi connectivity index (χ4n) is 8.08. The number of nitrogens with zero attached hydrogens (tertiary/aromatic N) is 4. The van der Waals surface area contributed by atoms with Crippen LogP contribution in [0.3, 0.4) is 0 Å². The fraction of sp³-hybridized carbons (Fsp3) is 0.800. The van der Waals surface area contributed by atoms with Crippen LogP contribution in [0.25, 0.3) is 0 Å². The van der Waals surface area contributed by atoms with Gasteiger partial charge in [0.15, 0.2) is 0 Å². The third-order valence-electron chi connectivity index (χ3n) is 12.1. The molecule has 5 heterocycles. The lowest BCUT2D eigenvalue weighted by molar-refractivity contribution is -0.146. The second-order valence-corrected chi connectivity index (χ2v) is 19.0. The van der Waals surface area contributed by atoms with Crippen LogP contribution in [0.4, 0.5) is 0 Å². The fourth-order valence-corrected chi connectivity index (χ4v) is 10.6. The average molecular weight is 817 g/mol. The molecule has 16 heteroatoms. The van der Waals surface area contributed by atoms with Crippen molar-refractivity contribution in [3.8, 4) is 0 Å². The van der Waals surface area contributed by atoms with Gasteiger partial charge in [0.1, 0.15) is 36.3 Å². The zero-order valence-corrected chi connectivity index (χ0v) is 36.1. The van der Waals surface area contributed by atoms with Gasteiger partial charge in [0.25, 0.3) is 0 Å². The molecule has 5 rings (SSSR count). The third kappa shape index (κ3) is 9.93. The van der Waals surface area contributed by atoms with Gasteiger partial charge in [-0.15, -0.1) is 23.5 Å². The predicted molar refractivity (Wildman–Crippen MR) is 222 cm³/mol. The van der Waals surface area contributed by atoms with Gasteiger partial charge in [0.05, 0.1) is 22.2 Å². The summed E-state index contributed by atoms with van der Waals surface area (Å²) in [7, 11) is 0. The topological polar surface area (TPSA) is 182 Å². The van der Waals surface area contributed by atoms with Crippen LogP contribution >= 0.6 is 23.5 Å². The molecule has 0 aromatic carbocycles. The summed E-state index contributed by atoms with van der Waals surface area (Å²) in [5.41, 5.74) is 0. The van der Waals surface area contributed by atoms with E-state index in [9.17, 15) is 28.8 Å². The van der Waals surface area contributed by atoms with Gasteiger partial charge in [-0.1, -0.05) is 68.2 Å². The van der Waals surface area contributed by atoms with Crippen molar-refractivity contribution < 1.29 is 28.8 Å². The van der Waals surface area contributed by atoms with E-state index in [1.54, 1.807) is 9.80 Å². The molecular formula is C40H64N8O6S2. The molecule has 2 saturated heterocycles. The van der Waals surface area contributed by atoms with Crippen LogP contribution in [-0.4, -0.2) is 128 Å². The van der Waals surface area contributed by atoms with Crippen molar-refractivity contribution in [2.75, 3.05) is 24.6 Å². The van der Waals surface area contributed by atoms with Gasteiger partial charge in [-0.2, -0.15) is 0 Å². The maximum Gasteiger partial charge on any atom is 0.246 e. The Bertz CT molecular complexity index is 1440. The Labute approximate surface area is 341 Å². The first-order valence-corrected chi connectivity index (χ1v) is 22.9. The van der Waals surface area contributed by atoms with Crippen molar-refractivity contribution in [1.29, 1.82) is 0 Å². The number of aliphatic imine (C=N–C) groups is 2. The molecule has 5 aliphatic rings. The Morgan fingerprint density at radius 2 is 0.911 bits per heavy atom. The number of thioether (sulfide) groups is 2. The van der Waals surface area contributed by atoms with E-state index in [0.717, 1.165) is 25.7 Å². The largest absolute Gasteiger partial charge is 0.345 e. The van der Waals surface area contributed by atoms with Crippen molar-refractivity contribution in [2.45, 2.75) is 155 Å². The summed E-state index contributed by atoms with van der Waals surface area (Å²) in [5.74, 6) is -1.65. The van der Waals surface area contributed by atoms with Crippen LogP contribution in [0.1, 0.15) is 107 Å². The van der Waals surface area contributed by atoms with Crippen molar-refractivity contribution in [1.82, 2.24) is 31.1 Å². The number of nitrogens with one attached hydrogen (secondary N) is 4. The molecule has 4 bridgehead atoms. The van der Waals surface area contributed by atoms with E-state index in [1.807, 2.05) is 55.4 Å². The van der Waals surface area contributed by atoms with E-state index < -0.39 is 48.3 Å². The smallest absolute Gasteiger partial charge is 0.246 e. The number of fused-ring (bicyclic) bond motifs is 4. The summed E-state index contributed by atoms with van der Waals surface area (Å²) >= 11 is 2.84. The third-order valence-corrected chi connectivity index (χ3v) is 14.4. The van der Waals surface area contributed by atoms with Gasteiger partial charge < -0.3 is 31.1 Å². The van der Waals surface area contributed by atoms with E-state index in [4.69, 9.17) is 9.98 Å². The Balaban J connectivity index is 1.53. The summed E-state index contributed by atoms with van der Waals surface area (Å²) in [6.07, 6.45) is 5.32. The molecule has 14 nitrogen and oxygen atoms in total. The molecule has 56 heavy (non-hydrogen) atoms. The molecule has 10 atom stereocenters. The minimum atomic E-state index is -0.847. The number of hydrogen-bond acceptors (Lipinski definition) is 10. The van der Waals surface area contributed by atoms with Gasteiger partial charge in [0, 0.05) is 24.6 Å². The number of hydrogen-bond donors (Lipinski definition) is 4. The van der Waals surface area contributed by atoms with Gasteiger partial charge in [-0.25, -0.2) is 0 Å². The second-order valence-electron chi connectivity index (χ2n) is 16.9. The zero-order chi connectivity index (χ0) is 40.8. The molecule has 0 aliphatic carbocycles. The second kappa shape index (κ2) is 19.5. The summed E-state index contributed by atoms with van der Waals surface area (Å²) < 4.78 is 0. The van der Waals surface area contributed by atoms with Gasteiger partial charge in [-0.3, -0.25) is 38.8 Å². The quantitative estimate of drug-likeness (QED) is 0.316. The van der Waals surface area contributed by atoms with E-state index >= 15 is 0 Å². The molecule has 4 N–H and O–H groups in total. The highest BCUT2D eigenvalue weighted by atomic mass is 32.2. The SMILES string of the molecule is CC[C@H](C)[C@@H]1NC(=O)C2CSC(=N2)[C@@H](C(C)C)NC(=O)[C@@H]2CCCCN2C(=O)[C@H]([C@@H](C)CC)NC(=O)C2CSC(=N2)[C@@H](C(C)C)NC(=O)[C@@H]2CCCCN2C1=O. The maximum atomic E-state index is 14.4. The standard InChI is InChI=1S/C40H64N8O6S2/c1-9-23(7)31-39(53)47-17-13-11-15-27(47)35(51)43-30(22(5)6)38-42-26(20-56-38)34(50)46-32(24(8)10-2)40(54)48-18-14-12-16-28(48)36(52)44-29(21(3)4)37-41-25(19-55-37)33(49)45-31/h21-32H,9-20H2,1-8H3,(H,43,51)(H,44,52)(H,45,49)(H,46,50)/t23-,24-,25?,26?,27-,28-,29+,30+,31-,32-/m0/s1. The Hall–Kier alpha value is -3.14. The highest BCUT2D eigenvalue weighted by Gasteiger charge is 2.43. The first-order chi connectivity index (χ1) is 26.7. The van der Waals surface area contributed by atoms with Gasteiger partial charge >= 0.3 is 0 Å². The number of amides is 6. The van der Waals surface area contributed by atoms with Crippen molar-refractivity contribution in [2.24, 2.45) is 33.7 Å². The number of piperidine rings is 2. The average Bonchev–Trinajstić information content (AvgIpc) is 3.89.